The number of hydrogen-bond donors (Lipinski definition) is 0. The van der Waals surface area contributed by atoms with Crippen LogP contribution in [0.15, 0.2) is 24.5 Å². The summed E-state index contributed by atoms with van der Waals surface area (Å²) in [5.41, 5.74) is 2.41. The number of hydrogen-bond acceptors (Lipinski definition) is 4. The molecule has 0 aromatic carbocycles. The molecule has 2 aromatic rings. The van der Waals surface area contributed by atoms with Crippen molar-refractivity contribution >= 4 is 11.6 Å². The van der Waals surface area contributed by atoms with Crippen LogP contribution >= 0.6 is 0 Å². The highest BCUT2D eigenvalue weighted by molar-refractivity contribution is 5.90. The number of rotatable bonds is 4. The molecule has 0 saturated carbocycles. The van der Waals surface area contributed by atoms with Crippen molar-refractivity contribution in [2.24, 2.45) is 0 Å². The third kappa shape index (κ3) is 3.24. The molecule has 0 bridgehead atoms. The predicted molar refractivity (Wildman–Crippen MR) is 80.5 cm³/mol. The van der Waals surface area contributed by atoms with E-state index in [1.807, 2.05) is 16.8 Å². The van der Waals surface area contributed by atoms with Crippen LogP contribution in [0.4, 0.5) is 0 Å². The lowest BCUT2D eigenvalue weighted by Crippen LogP contribution is -2.31. The Morgan fingerprint density at radius 2 is 2.14 bits per heavy atom. The molecule has 0 spiro atoms. The molecule has 0 N–H and O–H groups in total. The molecule has 0 unspecified atom stereocenters. The number of aromatic nitrogens is 2. The number of ether oxygens (including phenoxy) is 1. The summed E-state index contributed by atoms with van der Waals surface area (Å²) in [4.78, 5) is 18.6. The van der Waals surface area contributed by atoms with Crippen LogP contribution < -0.4 is 0 Å². The van der Waals surface area contributed by atoms with Crippen molar-refractivity contribution in [1.82, 2.24) is 14.3 Å². The van der Waals surface area contributed by atoms with Crippen LogP contribution in [0.5, 0.6) is 0 Å². The minimum atomic E-state index is -0.324. The van der Waals surface area contributed by atoms with Crippen molar-refractivity contribution in [3.63, 3.8) is 0 Å². The van der Waals surface area contributed by atoms with Gasteiger partial charge in [0.25, 0.3) is 0 Å². The minimum absolute atomic E-state index is 0.324. The maximum absolute atomic E-state index is 11.5. The van der Waals surface area contributed by atoms with E-state index in [9.17, 15) is 4.79 Å². The Morgan fingerprint density at radius 3 is 2.90 bits per heavy atom. The number of pyridine rings is 1. The molecule has 0 radical (unpaired) electrons. The molecular formula is C16H21N3O2. The molecule has 1 aliphatic heterocycles. The summed E-state index contributed by atoms with van der Waals surface area (Å²) in [6, 6.07) is 3.53. The van der Waals surface area contributed by atoms with E-state index in [2.05, 4.69) is 9.88 Å². The minimum Gasteiger partial charge on any atom is -0.465 e. The van der Waals surface area contributed by atoms with Crippen LogP contribution in [0.25, 0.3) is 5.65 Å². The molecule has 3 rings (SSSR count). The van der Waals surface area contributed by atoms with E-state index in [0.717, 1.165) is 24.3 Å². The summed E-state index contributed by atoms with van der Waals surface area (Å²) in [5, 5.41) is 0. The Morgan fingerprint density at radius 1 is 1.33 bits per heavy atom. The van der Waals surface area contributed by atoms with Gasteiger partial charge in [0.05, 0.1) is 18.4 Å². The molecule has 1 fully saturated rings. The van der Waals surface area contributed by atoms with Crippen molar-refractivity contribution in [3.8, 4) is 0 Å². The summed E-state index contributed by atoms with van der Waals surface area (Å²) >= 11 is 0. The highest BCUT2D eigenvalue weighted by Crippen LogP contribution is 2.12. The molecule has 0 atom stereocenters. The Balaban J connectivity index is 1.70. The van der Waals surface area contributed by atoms with Gasteiger partial charge in [-0.15, -0.1) is 0 Å². The third-order valence-corrected chi connectivity index (χ3v) is 4.06. The van der Waals surface area contributed by atoms with E-state index >= 15 is 0 Å². The van der Waals surface area contributed by atoms with Crippen LogP contribution in [0.2, 0.25) is 0 Å². The molecule has 5 nitrogen and oxygen atoms in total. The lowest BCUT2D eigenvalue weighted by molar-refractivity contribution is 0.0600. The SMILES string of the molecule is COC(=O)c1ccn2cc(CCN3CCCCC3)nc2c1. The van der Waals surface area contributed by atoms with Gasteiger partial charge in [-0.05, 0) is 38.1 Å². The zero-order chi connectivity index (χ0) is 14.7. The molecule has 0 amide bonds. The summed E-state index contributed by atoms with van der Waals surface area (Å²) in [5.74, 6) is -0.324. The number of carbonyl (C=O) groups is 1. The Labute approximate surface area is 124 Å². The van der Waals surface area contributed by atoms with E-state index in [1.54, 1.807) is 12.1 Å². The van der Waals surface area contributed by atoms with Gasteiger partial charge in [0.2, 0.25) is 0 Å². The average molecular weight is 287 g/mol. The second-order valence-electron chi connectivity index (χ2n) is 5.56. The Kier molecular flexibility index (Phi) is 4.20. The van der Waals surface area contributed by atoms with E-state index in [1.165, 1.54) is 39.5 Å². The van der Waals surface area contributed by atoms with Crippen molar-refractivity contribution in [3.05, 3.63) is 35.8 Å². The van der Waals surface area contributed by atoms with Crippen molar-refractivity contribution < 1.29 is 9.53 Å². The maximum atomic E-state index is 11.5. The summed E-state index contributed by atoms with van der Waals surface area (Å²) in [6.07, 6.45) is 8.84. The third-order valence-electron chi connectivity index (χ3n) is 4.06. The normalized spacial score (nSPS) is 16.2. The van der Waals surface area contributed by atoms with Crippen LogP contribution in [0, 0.1) is 0 Å². The lowest BCUT2D eigenvalue weighted by Gasteiger charge is -2.25. The molecule has 2 aromatic heterocycles. The highest BCUT2D eigenvalue weighted by atomic mass is 16.5. The van der Waals surface area contributed by atoms with Crippen molar-refractivity contribution in [2.45, 2.75) is 25.7 Å². The molecule has 0 aliphatic carbocycles. The largest absolute Gasteiger partial charge is 0.465 e. The molecule has 1 aliphatic rings. The number of esters is 1. The first-order valence-electron chi connectivity index (χ1n) is 7.54. The van der Waals surface area contributed by atoms with Gasteiger partial charge in [0.15, 0.2) is 0 Å². The highest BCUT2D eigenvalue weighted by Gasteiger charge is 2.12. The van der Waals surface area contributed by atoms with Gasteiger partial charge >= 0.3 is 5.97 Å². The number of likely N-dealkylation sites (tertiary alicyclic amines) is 1. The summed E-state index contributed by atoms with van der Waals surface area (Å²) in [6.45, 7) is 3.48. The Hall–Kier alpha value is -1.88. The summed E-state index contributed by atoms with van der Waals surface area (Å²) in [7, 11) is 1.39. The number of nitrogens with zero attached hydrogens (tertiary/aromatic N) is 3. The second-order valence-corrected chi connectivity index (χ2v) is 5.56. The molecule has 3 heterocycles. The van der Waals surface area contributed by atoms with Crippen LogP contribution in [-0.2, 0) is 11.2 Å². The van der Waals surface area contributed by atoms with Gasteiger partial charge in [0.1, 0.15) is 5.65 Å². The quantitative estimate of drug-likeness (QED) is 0.808. The van der Waals surface area contributed by atoms with E-state index in [-0.39, 0.29) is 5.97 Å². The van der Waals surface area contributed by atoms with Gasteiger partial charge in [-0.3, -0.25) is 0 Å². The van der Waals surface area contributed by atoms with Crippen LogP contribution in [0.1, 0.15) is 35.3 Å². The zero-order valence-electron chi connectivity index (χ0n) is 12.4. The van der Waals surface area contributed by atoms with Gasteiger partial charge < -0.3 is 14.0 Å². The summed E-state index contributed by atoms with van der Waals surface area (Å²) < 4.78 is 6.69. The first kappa shape index (κ1) is 14.1. The topological polar surface area (TPSA) is 46.8 Å². The van der Waals surface area contributed by atoms with E-state index in [0.29, 0.717) is 5.56 Å². The van der Waals surface area contributed by atoms with Gasteiger partial charge in [-0.1, -0.05) is 6.42 Å². The average Bonchev–Trinajstić information content (AvgIpc) is 2.95. The molecule has 112 valence electrons. The first-order valence-corrected chi connectivity index (χ1v) is 7.54. The molecular weight excluding hydrogens is 266 g/mol. The maximum Gasteiger partial charge on any atom is 0.338 e. The van der Waals surface area contributed by atoms with Crippen LogP contribution in [-0.4, -0.2) is 47.0 Å². The number of piperidine rings is 1. The number of fused-ring (bicyclic) bond motifs is 1. The van der Waals surface area contributed by atoms with Crippen LogP contribution in [0.3, 0.4) is 0 Å². The number of methoxy groups -OCH3 is 1. The fourth-order valence-corrected chi connectivity index (χ4v) is 2.86. The predicted octanol–water partition coefficient (Wildman–Crippen LogP) is 2.15. The monoisotopic (exact) mass is 287 g/mol. The lowest BCUT2D eigenvalue weighted by atomic mass is 10.1. The fraction of sp³-hybridized carbons (Fsp3) is 0.500. The smallest absolute Gasteiger partial charge is 0.338 e. The van der Waals surface area contributed by atoms with Gasteiger partial charge in [0, 0.05) is 25.4 Å². The zero-order valence-corrected chi connectivity index (χ0v) is 12.4. The first-order chi connectivity index (χ1) is 10.3. The molecule has 21 heavy (non-hydrogen) atoms. The second kappa shape index (κ2) is 6.26. The molecule has 1 saturated heterocycles. The van der Waals surface area contributed by atoms with E-state index in [4.69, 9.17) is 4.74 Å². The number of imidazole rings is 1. The standard InChI is InChI=1S/C16H21N3O2/c1-21-16(20)13-5-10-19-12-14(17-15(19)11-13)6-9-18-7-3-2-4-8-18/h5,10-12H,2-4,6-9H2,1H3. The van der Waals surface area contributed by atoms with Crippen molar-refractivity contribution in [1.29, 1.82) is 0 Å². The van der Waals surface area contributed by atoms with Crippen molar-refractivity contribution in [2.75, 3.05) is 26.7 Å². The van der Waals surface area contributed by atoms with E-state index < -0.39 is 0 Å². The fourth-order valence-electron chi connectivity index (χ4n) is 2.86. The Bertz CT molecular complexity index is 629. The van der Waals surface area contributed by atoms with Gasteiger partial charge in [-0.25, -0.2) is 9.78 Å². The number of carbonyl (C=O) groups excluding carboxylic acids is 1. The molecule has 5 heteroatoms. The van der Waals surface area contributed by atoms with Gasteiger partial charge in [-0.2, -0.15) is 0 Å².